The smallest absolute Gasteiger partial charge is 0.246 e. The van der Waals surface area contributed by atoms with Gasteiger partial charge < -0.3 is 15.0 Å². The zero-order valence-electron chi connectivity index (χ0n) is 13.4. The number of carbonyl (C=O) groups is 2. The Hall–Kier alpha value is -1.10. The van der Waals surface area contributed by atoms with Crippen LogP contribution in [0.5, 0.6) is 0 Å². The summed E-state index contributed by atoms with van der Waals surface area (Å²) in [6.45, 7) is 5.05. The van der Waals surface area contributed by atoms with Gasteiger partial charge in [-0.15, -0.1) is 0 Å². The van der Waals surface area contributed by atoms with Crippen LogP contribution in [0.4, 0.5) is 0 Å². The third-order valence-electron chi connectivity index (χ3n) is 4.77. The molecule has 2 fully saturated rings. The summed E-state index contributed by atoms with van der Waals surface area (Å²) < 4.78 is 5.15. The minimum atomic E-state index is -0.378. The highest BCUT2D eigenvalue weighted by atomic mass is 16.5. The first kappa shape index (κ1) is 16.3. The fourth-order valence-electron chi connectivity index (χ4n) is 3.55. The molecule has 5 heteroatoms. The Morgan fingerprint density at radius 1 is 1.29 bits per heavy atom. The predicted octanol–water partition coefficient (Wildman–Crippen LogP) is 1.56. The summed E-state index contributed by atoms with van der Waals surface area (Å²) in [6.07, 6.45) is 5.68. The van der Waals surface area contributed by atoms with Crippen LogP contribution in [-0.2, 0) is 14.3 Å². The van der Waals surface area contributed by atoms with Gasteiger partial charge in [-0.05, 0) is 31.6 Å². The maximum absolute atomic E-state index is 12.8. The lowest BCUT2D eigenvalue weighted by molar-refractivity contribution is -0.151. The molecule has 1 N–H and O–H groups in total. The Labute approximate surface area is 127 Å². The number of rotatable bonds is 5. The second-order valence-corrected chi connectivity index (χ2v) is 6.61. The van der Waals surface area contributed by atoms with Crippen LogP contribution < -0.4 is 5.32 Å². The van der Waals surface area contributed by atoms with Crippen molar-refractivity contribution in [3.05, 3.63) is 0 Å². The van der Waals surface area contributed by atoms with Crippen LogP contribution in [0.25, 0.3) is 0 Å². The average molecular weight is 296 g/mol. The number of nitrogens with zero attached hydrogens (tertiary/aromatic N) is 1. The average Bonchev–Trinajstić information content (AvgIpc) is 2.48. The van der Waals surface area contributed by atoms with E-state index in [1.165, 1.54) is 19.3 Å². The van der Waals surface area contributed by atoms with Gasteiger partial charge in [0, 0.05) is 13.7 Å². The van der Waals surface area contributed by atoms with E-state index >= 15 is 0 Å². The molecule has 0 aromatic carbocycles. The summed E-state index contributed by atoms with van der Waals surface area (Å²) in [5.41, 5.74) is 0. The van der Waals surface area contributed by atoms with Crippen molar-refractivity contribution in [2.75, 3.05) is 20.3 Å². The largest absolute Gasteiger partial charge is 0.384 e. The summed E-state index contributed by atoms with van der Waals surface area (Å²) in [4.78, 5) is 26.7. The quantitative estimate of drug-likeness (QED) is 0.837. The summed E-state index contributed by atoms with van der Waals surface area (Å²) >= 11 is 0. The number of carbonyl (C=O) groups excluding carboxylic acids is 2. The van der Waals surface area contributed by atoms with E-state index in [4.69, 9.17) is 4.74 Å². The number of hydrogen-bond acceptors (Lipinski definition) is 3. The molecule has 1 saturated carbocycles. The van der Waals surface area contributed by atoms with Crippen molar-refractivity contribution in [1.29, 1.82) is 0 Å². The second-order valence-electron chi connectivity index (χ2n) is 6.61. The highest BCUT2D eigenvalue weighted by Gasteiger charge is 2.42. The molecule has 1 heterocycles. The minimum absolute atomic E-state index is 0.0187. The third-order valence-corrected chi connectivity index (χ3v) is 4.77. The molecule has 1 aliphatic heterocycles. The molecule has 5 nitrogen and oxygen atoms in total. The van der Waals surface area contributed by atoms with E-state index in [-0.39, 0.29) is 29.8 Å². The van der Waals surface area contributed by atoms with Crippen LogP contribution in [0.1, 0.15) is 46.0 Å². The van der Waals surface area contributed by atoms with Gasteiger partial charge in [0.1, 0.15) is 12.1 Å². The van der Waals surface area contributed by atoms with Crippen LogP contribution in [-0.4, -0.2) is 49.1 Å². The Bertz CT molecular complexity index is 380. The molecule has 3 unspecified atom stereocenters. The van der Waals surface area contributed by atoms with Gasteiger partial charge >= 0.3 is 0 Å². The van der Waals surface area contributed by atoms with Crippen LogP contribution in [0.3, 0.4) is 0 Å². The van der Waals surface area contributed by atoms with Gasteiger partial charge in [-0.25, -0.2) is 0 Å². The number of nitrogens with one attached hydrogen (secondary N) is 1. The lowest BCUT2D eigenvalue weighted by Gasteiger charge is -2.42. The van der Waals surface area contributed by atoms with E-state index in [0.717, 1.165) is 12.8 Å². The van der Waals surface area contributed by atoms with Crippen molar-refractivity contribution in [2.45, 2.75) is 58.0 Å². The fraction of sp³-hybridized carbons (Fsp3) is 0.875. The molecule has 2 rings (SSSR count). The molecule has 0 aromatic rings. The summed E-state index contributed by atoms with van der Waals surface area (Å²) in [7, 11) is 1.66. The number of piperazine rings is 1. The lowest BCUT2D eigenvalue weighted by Crippen LogP contribution is -2.65. The number of methoxy groups -OCH3 is 1. The number of hydrogen-bond donors (Lipinski definition) is 1. The van der Waals surface area contributed by atoms with Crippen molar-refractivity contribution in [1.82, 2.24) is 10.2 Å². The normalized spacial score (nSPS) is 29.4. The van der Waals surface area contributed by atoms with E-state index in [1.807, 2.05) is 13.8 Å². The van der Waals surface area contributed by atoms with Crippen molar-refractivity contribution in [3.63, 3.8) is 0 Å². The van der Waals surface area contributed by atoms with Gasteiger partial charge in [-0.3, -0.25) is 9.59 Å². The van der Waals surface area contributed by atoms with Crippen LogP contribution in [0.2, 0.25) is 0 Å². The fourth-order valence-corrected chi connectivity index (χ4v) is 3.55. The first-order chi connectivity index (χ1) is 10.0. The molecule has 1 aliphatic carbocycles. The highest BCUT2D eigenvalue weighted by Crippen LogP contribution is 2.29. The van der Waals surface area contributed by atoms with Crippen molar-refractivity contribution < 1.29 is 14.3 Å². The topological polar surface area (TPSA) is 58.6 Å². The van der Waals surface area contributed by atoms with Gasteiger partial charge in [0.15, 0.2) is 0 Å². The van der Waals surface area contributed by atoms with Crippen LogP contribution in [0.15, 0.2) is 0 Å². The summed E-state index contributed by atoms with van der Waals surface area (Å²) in [6, 6.07) is -0.694. The maximum atomic E-state index is 12.8. The maximum Gasteiger partial charge on any atom is 0.246 e. The molecule has 3 atom stereocenters. The van der Waals surface area contributed by atoms with Gasteiger partial charge in [0.25, 0.3) is 0 Å². The molecule has 2 amide bonds. The standard InChI is InChI=1S/C16H28N2O3/c1-11(10-21-3)9-18-12(2)15(19)17-14(16(18)20)13-7-5-4-6-8-13/h11-14H,4-10H2,1-3H3,(H,17,19). The second kappa shape index (κ2) is 7.25. The zero-order chi connectivity index (χ0) is 15.4. The molecule has 0 spiro atoms. The Morgan fingerprint density at radius 3 is 2.57 bits per heavy atom. The Morgan fingerprint density at radius 2 is 1.95 bits per heavy atom. The third kappa shape index (κ3) is 3.76. The van der Waals surface area contributed by atoms with E-state index in [2.05, 4.69) is 5.32 Å². The van der Waals surface area contributed by atoms with Crippen molar-refractivity contribution >= 4 is 11.8 Å². The molecule has 0 aromatic heterocycles. The van der Waals surface area contributed by atoms with Crippen molar-refractivity contribution in [2.24, 2.45) is 11.8 Å². The molecule has 120 valence electrons. The molecular formula is C16H28N2O3. The Balaban J connectivity index is 2.07. The molecular weight excluding hydrogens is 268 g/mol. The van der Waals surface area contributed by atoms with E-state index in [9.17, 15) is 9.59 Å². The van der Waals surface area contributed by atoms with Crippen molar-refractivity contribution in [3.8, 4) is 0 Å². The summed E-state index contributed by atoms with van der Waals surface area (Å²) in [5, 5.41) is 2.96. The number of ether oxygens (including phenoxy) is 1. The van der Waals surface area contributed by atoms with Gasteiger partial charge in [0.05, 0.1) is 6.61 Å². The first-order valence-corrected chi connectivity index (χ1v) is 8.14. The molecule has 1 saturated heterocycles. The van der Waals surface area contributed by atoms with E-state index in [1.54, 1.807) is 12.0 Å². The molecule has 0 radical (unpaired) electrons. The van der Waals surface area contributed by atoms with Gasteiger partial charge in [-0.2, -0.15) is 0 Å². The number of amides is 2. The Kier molecular flexibility index (Phi) is 5.62. The van der Waals surface area contributed by atoms with E-state index in [0.29, 0.717) is 19.1 Å². The van der Waals surface area contributed by atoms with Crippen LogP contribution >= 0.6 is 0 Å². The molecule has 0 bridgehead atoms. The van der Waals surface area contributed by atoms with E-state index < -0.39 is 0 Å². The lowest BCUT2D eigenvalue weighted by atomic mass is 9.82. The summed E-state index contributed by atoms with van der Waals surface area (Å²) in [5.74, 6) is 0.619. The molecule has 21 heavy (non-hydrogen) atoms. The molecule has 2 aliphatic rings. The monoisotopic (exact) mass is 296 g/mol. The van der Waals surface area contributed by atoms with Gasteiger partial charge in [0.2, 0.25) is 11.8 Å². The first-order valence-electron chi connectivity index (χ1n) is 8.14. The highest BCUT2D eigenvalue weighted by molar-refractivity contribution is 5.96. The minimum Gasteiger partial charge on any atom is -0.384 e. The SMILES string of the molecule is COCC(C)CN1C(=O)C(C2CCCCC2)NC(=O)C1C. The van der Waals surface area contributed by atoms with Crippen LogP contribution in [0, 0.1) is 11.8 Å². The predicted molar refractivity (Wildman–Crippen MR) is 80.7 cm³/mol. The zero-order valence-corrected chi connectivity index (χ0v) is 13.4. The van der Waals surface area contributed by atoms with Gasteiger partial charge in [-0.1, -0.05) is 26.2 Å².